The van der Waals surface area contributed by atoms with E-state index in [0.29, 0.717) is 19.6 Å². The van der Waals surface area contributed by atoms with Gasteiger partial charge in [0.2, 0.25) is 17.7 Å². The predicted octanol–water partition coefficient (Wildman–Crippen LogP) is 4.99. The van der Waals surface area contributed by atoms with Crippen LogP contribution in [0, 0.1) is 29.1 Å². The topological polar surface area (TPSA) is 81.2 Å². The summed E-state index contributed by atoms with van der Waals surface area (Å²) in [5, 5.41) is 10.6. The first-order valence-corrected chi connectivity index (χ1v) is 16.3. The Morgan fingerprint density at radius 1 is 1.15 bits per heavy atom. The highest BCUT2D eigenvalue weighted by molar-refractivity contribution is 8.02. The van der Waals surface area contributed by atoms with Crippen molar-refractivity contribution in [2.75, 3.05) is 26.2 Å². The Morgan fingerprint density at radius 3 is 2.24 bits per heavy atom. The smallest absolute Gasteiger partial charge is 0.247 e. The van der Waals surface area contributed by atoms with E-state index in [-0.39, 0.29) is 46.8 Å². The minimum Gasteiger partial charge on any atom is -0.394 e. The van der Waals surface area contributed by atoms with E-state index in [1.807, 2.05) is 30.6 Å². The van der Waals surface area contributed by atoms with E-state index in [4.69, 9.17) is 0 Å². The lowest BCUT2D eigenvalue weighted by Crippen LogP contribution is -2.63. The van der Waals surface area contributed by atoms with Gasteiger partial charge in [-0.05, 0) is 50.4 Å². The third-order valence-corrected chi connectivity index (χ3v) is 11.5. The Bertz CT molecular complexity index is 1020. The van der Waals surface area contributed by atoms with Crippen molar-refractivity contribution in [2.24, 2.45) is 29.1 Å². The molecule has 1 N–H and O–H groups in total. The fraction of sp³-hybridized carbons (Fsp3) is 0.788. The summed E-state index contributed by atoms with van der Waals surface area (Å²) in [5.74, 6) is -1.35. The highest BCUT2D eigenvalue weighted by atomic mass is 32.2. The Kier molecular flexibility index (Phi) is 10.2. The maximum absolute atomic E-state index is 15.0. The van der Waals surface area contributed by atoms with E-state index in [2.05, 4.69) is 54.7 Å². The zero-order valence-corrected chi connectivity index (χ0v) is 27.8. The lowest BCUT2D eigenvalue weighted by Gasteiger charge is -2.48. The molecule has 3 heterocycles. The number of carbonyl (C=O) groups is 3. The van der Waals surface area contributed by atoms with Gasteiger partial charge in [0, 0.05) is 30.4 Å². The van der Waals surface area contributed by atoms with Gasteiger partial charge >= 0.3 is 0 Å². The molecule has 7 nitrogen and oxygen atoms in total. The van der Waals surface area contributed by atoms with Gasteiger partial charge in [-0.2, -0.15) is 0 Å². The van der Waals surface area contributed by atoms with Crippen molar-refractivity contribution in [2.45, 2.75) is 109 Å². The van der Waals surface area contributed by atoms with Crippen LogP contribution in [0.3, 0.4) is 0 Å². The number of nitrogens with zero attached hydrogens (tertiary/aromatic N) is 3. The van der Waals surface area contributed by atoms with Crippen molar-refractivity contribution in [1.82, 2.24) is 14.7 Å². The van der Waals surface area contributed by atoms with Gasteiger partial charge in [-0.3, -0.25) is 14.4 Å². The fourth-order valence-corrected chi connectivity index (χ4v) is 10.6. The summed E-state index contributed by atoms with van der Waals surface area (Å²) in [6.45, 7) is 27.9. The molecule has 3 amide bonds. The number of amides is 3. The van der Waals surface area contributed by atoms with Crippen LogP contribution in [0.1, 0.15) is 81.6 Å². The highest BCUT2D eigenvalue weighted by Crippen LogP contribution is 2.69. The predicted molar refractivity (Wildman–Crippen MR) is 168 cm³/mol. The summed E-state index contributed by atoms with van der Waals surface area (Å²) in [5.41, 5.74) is -0.527. The van der Waals surface area contributed by atoms with E-state index in [1.54, 1.807) is 28.8 Å². The van der Waals surface area contributed by atoms with Crippen molar-refractivity contribution in [3.63, 3.8) is 0 Å². The monoisotopic (exact) mass is 589 g/mol. The zero-order chi connectivity index (χ0) is 31.1. The summed E-state index contributed by atoms with van der Waals surface area (Å²) in [6, 6.07) is -1.28. The van der Waals surface area contributed by atoms with Crippen LogP contribution >= 0.6 is 11.8 Å². The maximum Gasteiger partial charge on any atom is 0.247 e. The Hall–Kier alpha value is -1.80. The molecule has 3 fully saturated rings. The second-order valence-corrected chi connectivity index (χ2v) is 16.2. The van der Waals surface area contributed by atoms with E-state index in [9.17, 15) is 14.7 Å². The lowest BCUT2D eigenvalue weighted by atomic mass is 9.65. The molecule has 3 unspecified atom stereocenters. The van der Waals surface area contributed by atoms with Crippen LogP contribution in [-0.4, -0.2) is 91.4 Å². The van der Waals surface area contributed by atoms with Crippen LogP contribution < -0.4 is 0 Å². The number of thioether (sulfide) groups is 1. The summed E-state index contributed by atoms with van der Waals surface area (Å²) in [4.78, 5) is 49.3. The summed E-state index contributed by atoms with van der Waals surface area (Å²) in [7, 11) is 0. The summed E-state index contributed by atoms with van der Waals surface area (Å²) < 4.78 is -0.731. The molecule has 0 aliphatic carbocycles. The molecule has 8 heteroatoms. The van der Waals surface area contributed by atoms with E-state index >= 15 is 4.79 Å². The molecule has 0 saturated carbocycles. The van der Waals surface area contributed by atoms with Gasteiger partial charge in [-0.25, -0.2) is 0 Å². The van der Waals surface area contributed by atoms with Crippen LogP contribution in [0.25, 0.3) is 0 Å². The van der Waals surface area contributed by atoms with E-state index in [0.717, 1.165) is 19.3 Å². The average molecular weight is 590 g/mol. The second kappa shape index (κ2) is 12.4. The molecule has 7 atom stereocenters. The van der Waals surface area contributed by atoms with Crippen molar-refractivity contribution < 1.29 is 19.5 Å². The number of fused-ring (bicyclic) bond motifs is 1. The molecule has 0 aromatic rings. The van der Waals surface area contributed by atoms with Crippen LogP contribution in [0.2, 0.25) is 0 Å². The van der Waals surface area contributed by atoms with Gasteiger partial charge in [0.05, 0.1) is 29.2 Å². The number of carbonyl (C=O) groups excluding carboxylic acids is 3. The first-order chi connectivity index (χ1) is 19.0. The number of hydrogen-bond donors (Lipinski definition) is 1. The van der Waals surface area contributed by atoms with Gasteiger partial charge in [-0.1, -0.05) is 60.6 Å². The van der Waals surface area contributed by atoms with Crippen molar-refractivity contribution in [3.05, 3.63) is 25.3 Å². The Labute approximate surface area is 253 Å². The molecule has 0 radical (unpaired) electrons. The number of aliphatic hydroxyl groups is 1. The number of rotatable bonds is 13. The first-order valence-electron chi connectivity index (χ1n) is 15.5. The molecule has 2 bridgehead atoms. The van der Waals surface area contributed by atoms with Gasteiger partial charge in [0.1, 0.15) is 6.04 Å². The molecule has 41 heavy (non-hydrogen) atoms. The molecule has 232 valence electrons. The second-order valence-electron chi connectivity index (χ2n) is 14.7. The molecular weight excluding hydrogens is 534 g/mol. The first kappa shape index (κ1) is 33.7. The maximum atomic E-state index is 15.0. The largest absolute Gasteiger partial charge is 0.394 e. The number of hydrogen-bond acceptors (Lipinski definition) is 5. The van der Waals surface area contributed by atoms with Crippen molar-refractivity contribution >= 4 is 29.5 Å². The van der Waals surface area contributed by atoms with E-state index in [1.165, 1.54) is 0 Å². The minimum atomic E-state index is -0.763. The minimum absolute atomic E-state index is 0.00877. The SMILES string of the molecule is C=CCN(CCC)C(=O)[C@@H]1[C@@H]2CC(C)C3(S2)C(C(=O)N(CC=C)C(C)(C)CC(C)(C)C)N([C@@H](CO)C(C)C)C(=O)[C@H]13. The van der Waals surface area contributed by atoms with Gasteiger partial charge in [-0.15, -0.1) is 24.9 Å². The molecule has 0 aromatic carbocycles. The fourth-order valence-electron chi connectivity index (χ4n) is 8.23. The van der Waals surface area contributed by atoms with E-state index < -0.39 is 34.2 Å². The summed E-state index contributed by atoms with van der Waals surface area (Å²) in [6.07, 6.45) is 5.87. The highest BCUT2D eigenvalue weighted by Gasteiger charge is 2.77. The van der Waals surface area contributed by atoms with Crippen LogP contribution in [0.5, 0.6) is 0 Å². The van der Waals surface area contributed by atoms with Gasteiger partial charge in [0.25, 0.3) is 0 Å². The Balaban J connectivity index is 2.20. The number of aliphatic hydroxyl groups excluding tert-OH is 1. The van der Waals surface area contributed by atoms with Crippen LogP contribution in [0.15, 0.2) is 25.3 Å². The zero-order valence-electron chi connectivity index (χ0n) is 27.0. The molecule has 0 aromatic heterocycles. The standard InChI is InChI=1S/C33H55N3O4S/c1-12-15-34(16-13-2)28(38)25-24-18-22(6)33(41-24)26(25)29(39)36(23(19-37)21(4)5)27(33)30(40)35(17-14-3)32(10,11)20-31(7,8)9/h12,14,21-27,37H,1,3,13,15-20H2,2,4-11H3/t22?,23-,24-,25+,26-,27?,33?/m0/s1. The Morgan fingerprint density at radius 2 is 1.76 bits per heavy atom. The molecule has 3 aliphatic heterocycles. The van der Waals surface area contributed by atoms with Gasteiger partial charge < -0.3 is 19.8 Å². The number of likely N-dealkylation sites (tertiary alicyclic amines) is 1. The molecular formula is C33H55N3O4S. The van der Waals surface area contributed by atoms with Crippen molar-refractivity contribution in [1.29, 1.82) is 0 Å². The third kappa shape index (κ3) is 5.89. The molecule has 3 aliphatic rings. The van der Waals surface area contributed by atoms with Crippen molar-refractivity contribution in [3.8, 4) is 0 Å². The summed E-state index contributed by atoms with van der Waals surface area (Å²) >= 11 is 1.70. The normalized spacial score (nSPS) is 30.0. The quantitative estimate of drug-likeness (QED) is 0.306. The van der Waals surface area contributed by atoms with Crippen LogP contribution in [0.4, 0.5) is 0 Å². The third-order valence-electron chi connectivity index (χ3n) is 9.44. The molecule has 3 saturated heterocycles. The molecule has 1 spiro atoms. The molecule has 3 rings (SSSR count). The average Bonchev–Trinajstić information content (AvgIpc) is 3.44. The van der Waals surface area contributed by atoms with Gasteiger partial charge in [0.15, 0.2) is 0 Å². The van der Waals surface area contributed by atoms with Crippen LogP contribution in [-0.2, 0) is 14.4 Å². The lowest BCUT2D eigenvalue weighted by molar-refractivity contribution is -0.150.